The molecule has 0 radical (unpaired) electrons. The molecule has 3 rings (SSSR count). The molecule has 2 aromatic carbocycles. The van der Waals surface area contributed by atoms with Crippen LogP contribution in [0.3, 0.4) is 0 Å². The number of thioether (sulfide) groups is 1. The van der Waals surface area contributed by atoms with E-state index in [0.717, 1.165) is 9.77 Å². The summed E-state index contributed by atoms with van der Waals surface area (Å²) in [5.41, 5.74) is 2.62. The highest BCUT2D eigenvalue weighted by molar-refractivity contribution is 9.10. The van der Waals surface area contributed by atoms with Crippen molar-refractivity contribution in [1.82, 2.24) is 9.59 Å². The Labute approximate surface area is 188 Å². The van der Waals surface area contributed by atoms with Gasteiger partial charge in [0.2, 0.25) is 5.91 Å². The van der Waals surface area contributed by atoms with Crippen LogP contribution < -0.4 is 5.32 Å². The molecule has 1 N–H and O–H groups in total. The highest BCUT2D eigenvalue weighted by Gasteiger charge is 2.15. The second-order valence-electron chi connectivity index (χ2n) is 5.63. The lowest BCUT2D eigenvalue weighted by Gasteiger charge is -2.08. The molecule has 0 bridgehead atoms. The van der Waals surface area contributed by atoms with Crippen LogP contribution in [-0.2, 0) is 4.79 Å². The van der Waals surface area contributed by atoms with Crippen molar-refractivity contribution in [2.75, 3.05) is 11.1 Å². The van der Waals surface area contributed by atoms with Gasteiger partial charge in [0, 0.05) is 15.6 Å². The maximum Gasteiger partial charge on any atom is 0.234 e. The Morgan fingerprint density at radius 1 is 1.18 bits per heavy atom. The summed E-state index contributed by atoms with van der Waals surface area (Å²) in [5, 5.41) is 7.85. The Balaban J connectivity index is 1.67. The number of aromatic nitrogens is 2. The van der Waals surface area contributed by atoms with Crippen molar-refractivity contribution in [3.8, 4) is 11.3 Å². The van der Waals surface area contributed by atoms with E-state index in [2.05, 4.69) is 30.8 Å². The third kappa shape index (κ3) is 5.12. The van der Waals surface area contributed by atoms with Gasteiger partial charge in [0.05, 0.1) is 21.5 Å². The van der Waals surface area contributed by atoms with Gasteiger partial charge in [-0.15, -0.1) is 16.9 Å². The molecule has 5 nitrogen and oxygen atoms in total. The molecule has 0 unspecified atom stereocenters. The average molecular weight is 517 g/mol. The number of benzene rings is 2. The number of rotatable bonds is 6. The smallest absolute Gasteiger partial charge is 0.234 e. The number of halogens is 3. The molecule has 0 spiro atoms. The number of carbonyl (C=O) groups is 2. The third-order valence-electron chi connectivity index (χ3n) is 3.64. The molecule has 0 saturated heterocycles. The van der Waals surface area contributed by atoms with Gasteiger partial charge in [-0.25, -0.2) is 0 Å². The second-order valence-corrected chi connectivity index (χ2v) is 9.29. The molecule has 10 heteroatoms. The number of hydrogen-bond acceptors (Lipinski definition) is 6. The van der Waals surface area contributed by atoms with E-state index in [-0.39, 0.29) is 17.4 Å². The summed E-state index contributed by atoms with van der Waals surface area (Å²) in [6.45, 7) is 1.49. The molecule has 0 fully saturated rings. The minimum Gasteiger partial charge on any atom is -0.324 e. The molecule has 1 aromatic heterocycles. The summed E-state index contributed by atoms with van der Waals surface area (Å²) in [4.78, 5) is 23.7. The van der Waals surface area contributed by atoms with E-state index in [1.807, 2.05) is 6.07 Å². The van der Waals surface area contributed by atoms with Gasteiger partial charge in [0.15, 0.2) is 5.78 Å². The zero-order valence-corrected chi connectivity index (χ0v) is 19.1. The lowest BCUT2D eigenvalue weighted by atomic mass is 10.1. The minimum atomic E-state index is -0.185. The van der Waals surface area contributed by atoms with Crippen LogP contribution in [0.5, 0.6) is 0 Å². The number of nitrogens with zero attached hydrogens (tertiary/aromatic N) is 2. The zero-order valence-electron chi connectivity index (χ0n) is 14.3. The first kappa shape index (κ1) is 21.3. The average Bonchev–Trinajstić information content (AvgIpc) is 3.12. The van der Waals surface area contributed by atoms with Gasteiger partial charge in [-0.05, 0) is 64.7 Å². The molecule has 144 valence electrons. The first-order valence-electron chi connectivity index (χ1n) is 7.86. The first-order chi connectivity index (χ1) is 13.3. The number of amides is 1. The van der Waals surface area contributed by atoms with Gasteiger partial charge in [-0.2, -0.15) is 0 Å². The van der Waals surface area contributed by atoms with Crippen molar-refractivity contribution in [1.29, 1.82) is 0 Å². The van der Waals surface area contributed by atoms with Crippen molar-refractivity contribution in [2.45, 2.75) is 11.1 Å². The van der Waals surface area contributed by atoms with E-state index in [9.17, 15) is 9.59 Å². The number of Topliss-reactive ketones (excluding diaryl/α,β-unsaturated/α-hetero) is 1. The maximum absolute atomic E-state index is 12.3. The van der Waals surface area contributed by atoms with Gasteiger partial charge >= 0.3 is 0 Å². The summed E-state index contributed by atoms with van der Waals surface area (Å²) in [7, 11) is 0. The van der Waals surface area contributed by atoms with E-state index >= 15 is 0 Å². The Bertz CT molecular complexity index is 1060. The van der Waals surface area contributed by atoms with Crippen molar-refractivity contribution >= 4 is 79.8 Å². The van der Waals surface area contributed by atoms with Gasteiger partial charge in [0.25, 0.3) is 0 Å². The second kappa shape index (κ2) is 9.37. The first-order valence-corrected chi connectivity index (χ1v) is 11.2. The van der Waals surface area contributed by atoms with Crippen LogP contribution in [0.1, 0.15) is 17.3 Å². The fourth-order valence-electron chi connectivity index (χ4n) is 2.25. The third-order valence-corrected chi connectivity index (χ3v) is 6.99. The van der Waals surface area contributed by atoms with Crippen molar-refractivity contribution in [3.05, 3.63) is 56.5 Å². The van der Waals surface area contributed by atoms with Gasteiger partial charge in [0.1, 0.15) is 9.90 Å². The van der Waals surface area contributed by atoms with Gasteiger partial charge < -0.3 is 5.32 Å². The molecule has 0 aliphatic rings. The van der Waals surface area contributed by atoms with Gasteiger partial charge in [-0.3, -0.25) is 9.59 Å². The summed E-state index contributed by atoms with van der Waals surface area (Å²) in [6.07, 6.45) is 0. The van der Waals surface area contributed by atoms with E-state index in [1.54, 1.807) is 30.3 Å². The standard InChI is InChI=1S/C18H12BrCl2N3O2S2/c1-9(25)10-3-5-15(12(19)6-10)22-16(26)8-27-18-17(23-24-28-18)11-2-4-13(20)14(21)7-11/h2-7H,8H2,1H3,(H,22,26). The molecular weight excluding hydrogens is 505 g/mol. The predicted molar refractivity (Wildman–Crippen MR) is 119 cm³/mol. The summed E-state index contributed by atoms with van der Waals surface area (Å²) >= 11 is 17.9. The number of ketones is 1. The van der Waals surface area contributed by atoms with Crippen molar-refractivity contribution < 1.29 is 9.59 Å². The molecule has 0 aliphatic carbocycles. The molecular formula is C18H12BrCl2N3O2S2. The molecule has 3 aromatic rings. The van der Waals surface area contributed by atoms with E-state index < -0.39 is 0 Å². The van der Waals surface area contributed by atoms with Crippen LogP contribution in [0, 0.1) is 0 Å². The molecule has 28 heavy (non-hydrogen) atoms. The predicted octanol–water partition coefficient (Wildman–Crippen LogP) is 6.21. The van der Waals surface area contributed by atoms with Crippen LogP contribution in [0.2, 0.25) is 10.0 Å². The van der Waals surface area contributed by atoms with E-state index in [1.165, 1.54) is 30.2 Å². The quantitative estimate of drug-likeness (QED) is 0.311. The molecule has 1 heterocycles. The normalized spacial score (nSPS) is 10.7. The maximum atomic E-state index is 12.3. The Morgan fingerprint density at radius 3 is 2.64 bits per heavy atom. The lowest BCUT2D eigenvalue weighted by molar-refractivity contribution is -0.113. The Hall–Kier alpha value is -1.45. The fraction of sp³-hybridized carbons (Fsp3) is 0.111. The number of carbonyl (C=O) groups excluding carboxylic acids is 2. The summed E-state index contributed by atoms with van der Waals surface area (Å²) in [5.74, 6) is -0.0459. The number of hydrogen-bond donors (Lipinski definition) is 1. The topological polar surface area (TPSA) is 72.0 Å². The monoisotopic (exact) mass is 515 g/mol. The highest BCUT2D eigenvalue weighted by Crippen LogP contribution is 2.35. The van der Waals surface area contributed by atoms with Crippen molar-refractivity contribution in [2.24, 2.45) is 0 Å². The van der Waals surface area contributed by atoms with Gasteiger partial charge in [-0.1, -0.05) is 33.8 Å². The van der Waals surface area contributed by atoms with Crippen LogP contribution in [0.25, 0.3) is 11.3 Å². The molecule has 0 atom stereocenters. The van der Waals surface area contributed by atoms with Crippen LogP contribution >= 0.6 is 62.4 Å². The number of nitrogens with one attached hydrogen (secondary N) is 1. The summed E-state index contributed by atoms with van der Waals surface area (Å²) in [6, 6.07) is 10.3. The molecule has 0 saturated carbocycles. The fourth-order valence-corrected chi connectivity index (χ4v) is 4.58. The lowest BCUT2D eigenvalue weighted by Crippen LogP contribution is -2.14. The van der Waals surface area contributed by atoms with Crippen LogP contribution in [0.15, 0.2) is 45.1 Å². The number of anilines is 1. The SMILES string of the molecule is CC(=O)c1ccc(NC(=O)CSc2snnc2-c2ccc(Cl)c(Cl)c2)c(Br)c1. The van der Waals surface area contributed by atoms with Crippen molar-refractivity contribution in [3.63, 3.8) is 0 Å². The minimum absolute atomic E-state index is 0.0401. The molecule has 0 aliphatic heterocycles. The Morgan fingerprint density at radius 2 is 1.96 bits per heavy atom. The molecule has 1 amide bonds. The van der Waals surface area contributed by atoms with E-state index in [0.29, 0.717) is 31.5 Å². The zero-order chi connectivity index (χ0) is 20.3. The summed E-state index contributed by atoms with van der Waals surface area (Å²) < 4.78 is 5.43. The largest absolute Gasteiger partial charge is 0.324 e. The van der Waals surface area contributed by atoms with Crippen LogP contribution in [0.4, 0.5) is 5.69 Å². The van der Waals surface area contributed by atoms with E-state index in [4.69, 9.17) is 23.2 Å². The Kier molecular flexibility index (Phi) is 7.11. The highest BCUT2D eigenvalue weighted by atomic mass is 79.9. The van der Waals surface area contributed by atoms with Crippen LogP contribution in [-0.4, -0.2) is 27.0 Å².